The van der Waals surface area contributed by atoms with Gasteiger partial charge in [-0.2, -0.15) is 0 Å². The van der Waals surface area contributed by atoms with Crippen LogP contribution in [0.15, 0.2) is 69.7 Å². The number of fused-ring (bicyclic) bond motifs is 2. The molecule has 1 aromatic heterocycles. The average Bonchev–Trinajstić information content (AvgIpc) is 3.30. The molecule has 0 radical (unpaired) electrons. The van der Waals surface area contributed by atoms with Crippen LogP contribution in [0, 0.1) is 5.82 Å². The number of carbonyl (C=O) groups excluding carboxylic acids is 1. The van der Waals surface area contributed by atoms with Gasteiger partial charge >= 0.3 is 6.03 Å². The van der Waals surface area contributed by atoms with E-state index in [-0.39, 0.29) is 16.9 Å². The predicted molar refractivity (Wildman–Crippen MR) is 145 cm³/mol. The van der Waals surface area contributed by atoms with E-state index in [0.717, 1.165) is 41.6 Å². The number of pyridine rings is 1. The number of carbonyl (C=O) groups is 1. The standard InChI is InChI=1S/C23H21FN4O2S2.CH3Cl/c1-3-10-31-14(2)32-27-23(30)26-17-4-5-21(19(24)13-17)28-9-7-15-12-20-16(6-8-25-20)11-18(15)22(28)29;1-2/h3-5,7,9-13,25H,2,6,8H2,1H3,(H2,26,27,30);1H3/b10-3-;. The number of amides is 2. The number of halogens is 2. The number of aromatic nitrogens is 1. The largest absolute Gasteiger partial charge is 0.384 e. The van der Waals surface area contributed by atoms with Crippen LogP contribution in [0.1, 0.15) is 12.5 Å². The fourth-order valence-electron chi connectivity index (χ4n) is 3.44. The van der Waals surface area contributed by atoms with E-state index < -0.39 is 11.8 Å². The monoisotopic (exact) mass is 518 g/mol. The lowest BCUT2D eigenvalue weighted by Gasteiger charge is -2.12. The van der Waals surface area contributed by atoms with Crippen molar-refractivity contribution in [2.45, 2.75) is 13.3 Å². The highest BCUT2D eigenvalue weighted by Gasteiger charge is 2.15. The van der Waals surface area contributed by atoms with Gasteiger partial charge in [0.1, 0.15) is 5.82 Å². The molecule has 34 heavy (non-hydrogen) atoms. The first-order valence-electron chi connectivity index (χ1n) is 10.3. The van der Waals surface area contributed by atoms with E-state index in [4.69, 9.17) is 0 Å². The smallest absolute Gasteiger partial charge is 0.329 e. The Morgan fingerprint density at radius 3 is 2.79 bits per heavy atom. The molecule has 1 aliphatic heterocycles. The summed E-state index contributed by atoms with van der Waals surface area (Å²) in [6, 6.07) is 9.33. The van der Waals surface area contributed by atoms with Gasteiger partial charge in [-0.1, -0.05) is 24.4 Å². The highest BCUT2D eigenvalue weighted by atomic mass is 35.5. The van der Waals surface area contributed by atoms with Crippen LogP contribution in [0.5, 0.6) is 0 Å². The number of anilines is 2. The van der Waals surface area contributed by atoms with Crippen molar-refractivity contribution in [3.8, 4) is 5.69 Å². The van der Waals surface area contributed by atoms with Gasteiger partial charge in [0.2, 0.25) is 0 Å². The predicted octanol–water partition coefficient (Wildman–Crippen LogP) is 6.46. The second kappa shape index (κ2) is 12.0. The highest BCUT2D eigenvalue weighted by molar-refractivity contribution is 8.22. The molecule has 6 nitrogen and oxygen atoms in total. The summed E-state index contributed by atoms with van der Waals surface area (Å²) in [5.74, 6) is -0.618. The van der Waals surface area contributed by atoms with E-state index in [0.29, 0.717) is 9.62 Å². The number of urea groups is 1. The van der Waals surface area contributed by atoms with Crippen LogP contribution < -0.4 is 20.9 Å². The van der Waals surface area contributed by atoms with Crippen LogP contribution in [-0.2, 0) is 6.42 Å². The number of thioether (sulfide) groups is 1. The molecule has 0 atom stereocenters. The van der Waals surface area contributed by atoms with E-state index in [1.165, 1.54) is 34.8 Å². The Morgan fingerprint density at radius 1 is 1.26 bits per heavy atom. The van der Waals surface area contributed by atoms with E-state index in [1.807, 2.05) is 30.5 Å². The SMILES string of the molecule is C=C(S/C=C\C)SNC(=O)Nc1ccc(-n2ccc3cc4c(cc3c2=O)CCN4)c(F)c1.CCl. The van der Waals surface area contributed by atoms with Crippen molar-refractivity contribution in [3.05, 3.63) is 86.6 Å². The van der Waals surface area contributed by atoms with Gasteiger partial charge in [0.25, 0.3) is 5.56 Å². The molecule has 1 aliphatic rings. The average molecular weight is 519 g/mol. The maximum Gasteiger partial charge on any atom is 0.329 e. The number of alkyl halides is 1. The molecule has 0 unspecified atom stereocenters. The van der Waals surface area contributed by atoms with Crippen molar-refractivity contribution in [3.63, 3.8) is 0 Å². The lowest BCUT2D eigenvalue weighted by atomic mass is 10.1. The van der Waals surface area contributed by atoms with Crippen molar-refractivity contribution in [1.29, 1.82) is 0 Å². The normalized spacial score (nSPS) is 12.0. The Kier molecular flexibility index (Phi) is 9.09. The first-order valence-corrected chi connectivity index (χ1v) is 12.7. The fourth-order valence-corrected chi connectivity index (χ4v) is 4.47. The highest BCUT2D eigenvalue weighted by Crippen LogP contribution is 2.27. The maximum absolute atomic E-state index is 14.9. The van der Waals surface area contributed by atoms with Gasteiger partial charge in [0, 0.05) is 35.9 Å². The summed E-state index contributed by atoms with van der Waals surface area (Å²) >= 11 is 7.09. The molecule has 0 saturated heterocycles. The summed E-state index contributed by atoms with van der Waals surface area (Å²) in [4.78, 5) is 25.1. The number of hydrogen-bond donors (Lipinski definition) is 3. The molecule has 0 saturated carbocycles. The van der Waals surface area contributed by atoms with E-state index >= 15 is 0 Å². The summed E-state index contributed by atoms with van der Waals surface area (Å²) in [5.41, 5.74) is 2.23. The third-order valence-electron chi connectivity index (χ3n) is 4.90. The molecular formula is C24H24ClFN4O2S2. The number of nitrogens with zero attached hydrogens (tertiary/aromatic N) is 1. The van der Waals surface area contributed by atoms with Gasteiger partial charge in [0.15, 0.2) is 0 Å². The van der Waals surface area contributed by atoms with Crippen molar-refractivity contribution in [2.24, 2.45) is 0 Å². The number of nitrogens with one attached hydrogen (secondary N) is 3. The van der Waals surface area contributed by atoms with Gasteiger partial charge in [-0.15, -0.1) is 11.6 Å². The Hall–Kier alpha value is -2.88. The summed E-state index contributed by atoms with van der Waals surface area (Å²) in [7, 11) is 0. The minimum Gasteiger partial charge on any atom is -0.384 e. The first-order chi connectivity index (χ1) is 16.5. The molecule has 3 N–H and O–H groups in total. The molecule has 2 aromatic carbocycles. The van der Waals surface area contributed by atoms with Crippen molar-refractivity contribution < 1.29 is 9.18 Å². The third-order valence-corrected chi connectivity index (χ3v) is 6.62. The second-order valence-corrected chi connectivity index (χ2v) is 9.21. The van der Waals surface area contributed by atoms with E-state index in [9.17, 15) is 14.0 Å². The molecule has 3 aromatic rings. The van der Waals surface area contributed by atoms with E-state index in [2.05, 4.69) is 33.5 Å². The zero-order valence-corrected chi connectivity index (χ0v) is 21.0. The first kappa shape index (κ1) is 25.7. The molecule has 0 bridgehead atoms. The quantitative estimate of drug-likeness (QED) is 0.258. The number of rotatable bonds is 6. The molecule has 0 aliphatic carbocycles. The summed E-state index contributed by atoms with van der Waals surface area (Å²) in [6.07, 6.45) is 5.76. The summed E-state index contributed by atoms with van der Waals surface area (Å²) in [5, 5.41) is 9.07. The van der Waals surface area contributed by atoms with Gasteiger partial charge in [-0.3, -0.25) is 14.1 Å². The lowest BCUT2D eigenvalue weighted by molar-refractivity contribution is 0.257. The van der Waals surface area contributed by atoms with Crippen molar-refractivity contribution in [1.82, 2.24) is 9.29 Å². The topological polar surface area (TPSA) is 75.2 Å². The molecular weight excluding hydrogens is 495 g/mol. The molecule has 4 rings (SSSR count). The Morgan fingerprint density at radius 2 is 2.06 bits per heavy atom. The van der Waals surface area contributed by atoms with Crippen LogP contribution in [0.2, 0.25) is 0 Å². The molecule has 2 amide bonds. The molecule has 0 fully saturated rings. The summed E-state index contributed by atoms with van der Waals surface area (Å²) < 4.78 is 19.4. The summed E-state index contributed by atoms with van der Waals surface area (Å²) in [6.45, 7) is 6.55. The van der Waals surface area contributed by atoms with Crippen LogP contribution in [0.3, 0.4) is 0 Å². The number of allylic oxidation sites excluding steroid dienone is 1. The maximum atomic E-state index is 14.9. The van der Waals surface area contributed by atoms with Crippen LogP contribution in [-0.4, -0.2) is 23.5 Å². The zero-order chi connectivity index (χ0) is 24.7. The third kappa shape index (κ3) is 5.97. The minimum atomic E-state index is -0.618. The van der Waals surface area contributed by atoms with Crippen molar-refractivity contribution >= 4 is 63.5 Å². The molecule has 0 spiro atoms. The minimum absolute atomic E-state index is 0.118. The molecule has 10 heteroatoms. The molecule has 2 heterocycles. The zero-order valence-electron chi connectivity index (χ0n) is 18.7. The van der Waals surface area contributed by atoms with Gasteiger partial charge in [-0.25, -0.2) is 9.18 Å². The van der Waals surface area contributed by atoms with Crippen LogP contribution in [0.4, 0.5) is 20.6 Å². The fraction of sp³-hybridized carbons (Fsp3) is 0.167. The Bertz CT molecular complexity index is 1310. The van der Waals surface area contributed by atoms with Gasteiger partial charge < -0.3 is 10.6 Å². The van der Waals surface area contributed by atoms with Gasteiger partial charge in [0.05, 0.1) is 9.92 Å². The lowest BCUT2D eigenvalue weighted by Crippen LogP contribution is -2.23. The number of benzene rings is 2. The van der Waals surface area contributed by atoms with Crippen LogP contribution in [0.25, 0.3) is 16.5 Å². The van der Waals surface area contributed by atoms with Crippen LogP contribution >= 0.6 is 35.3 Å². The van der Waals surface area contributed by atoms with E-state index in [1.54, 1.807) is 18.3 Å². The number of hydrogen-bond acceptors (Lipinski definition) is 5. The Labute approximate surface area is 210 Å². The Balaban J connectivity index is 0.00000158. The van der Waals surface area contributed by atoms with Crippen molar-refractivity contribution in [2.75, 3.05) is 23.6 Å². The van der Waals surface area contributed by atoms with Gasteiger partial charge in [-0.05, 0) is 78.0 Å². The molecule has 178 valence electrons. The second-order valence-electron chi connectivity index (χ2n) is 7.05.